The minimum absolute atomic E-state index is 0.0230. The van der Waals surface area contributed by atoms with Gasteiger partial charge in [-0.25, -0.2) is 14.3 Å². The highest BCUT2D eigenvalue weighted by atomic mass is 32.2. The molecule has 4 N–H and O–H groups in total. The molecule has 0 saturated heterocycles. The highest BCUT2D eigenvalue weighted by Crippen LogP contribution is 2.37. The number of benzene rings is 1. The summed E-state index contributed by atoms with van der Waals surface area (Å²) < 4.78 is 26.7. The number of hydrazine groups is 1. The summed E-state index contributed by atoms with van der Waals surface area (Å²) >= 11 is 0.692. The highest BCUT2D eigenvalue weighted by molar-refractivity contribution is 7.94. The maximum Gasteiger partial charge on any atom is 0.306 e. The Balaban J connectivity index is 2.41. The first-order chi connectivity index (χ1) is 9.85. The third kappa shape index (κ3) is 3.12. The van der Waals surface area contributed by atoms with Crippen LogP contribution in [0.4, 0.5) is 16.4 Å². The quantitative estimate of drug-likeness (QED) is 0.438. The van der Waals surface area contributed by atoms with Crippen LogP contribution < -0.4 is 16.0 Å². The molecule has 0 aliphatic heterocycles. The lowest BCUT2D eigenvalue weighted by atomic mass is 10.2. The molecule has 0 amide bonds. The second-order valence-electron chi connectivity index (χ2n) is 4.10. The molecule has 0 radical (unpaired) electrons. The van der Waals surface area contributed by atoms with Gasteiger partial charge >= 0.3 is 5.69 Å². The van der Waals surface area contributed by atoms with Crippen molar-refractivity contribution in [3.05, 3.63) is 46.0 Å². The minimum atomic E-state index is -3.91. The summed E-state index contributed by atoms with van der Waals surface area (Å²) in [6.45, 7) is 1.75. The Hall–Kier alpha value is -2.17. The lowest BCUT2D eigenvalue weighted by Gasteiger charge is -2.08. The van der Waals surface area contributed by atoms with E-state index >= 15 is 0 Å². The predicted octanol–water partition coefficient (Wildman–Crippen LogP) is 2.05. The van der Waals surface area contributed by atoms with E-state index in [0.717, 1.165) is 11.6 Å². The van der Waals surface area contributed by atoms with Gasteiger partial charge in [-0.15, -0.1) is 0 Å². The number of nitrogens with two attached hydrogens (primary N) is 1. The van der Waals surface area contributed by atoms with Crippen LogP contribution in [0.1, 0.15) is 5.56 Å². The van der Waals surface area contributed by atoms with Crippen LogP contribution in [0.5, 0.6) is 0 Å². The Morgan fingerprint density at radius 3 is 2.52 bits per heavy atom. The molecule has 10 heteroatoms. The van der Waals surface area contributed by atoms with Crippen molar-refractivity contribution < 1.29 is 13.3 Å². The second-order valence-corrected chi connectivity index (χ2v) is 7.06. The van der Waals surface area contributed by atoms with Crippen LogP contribution in [0.2, 0.25) is 0 Å². The van der Waals surface area contributed by atoms with Gasteiger partial charge in [0.05, 0.1) is 10.6 Å². The summed E-state index contributed by atoms with van der Waals surface area (Å²) in [7, 11) is -3.91. The number of nitrogen functional groups attached to an aromatic ring is 1. The van der Waals surface area contributed by atoms with Gasteiger partial charge in [0.15, 0.2) is 5.00 Å². The van der Waals surface area contributed by atoms with Crippen LogP contribution >= 0.6 is 11.3 Å². The molecule has 1 aromatic carbocycles. The van der Waals surface area contributed by atoms with Gasteiger partial charge in [-0.3, -0.25) is 14.8 Å². The summed E-state index contributed by atoms with van der Waals surface area (Å²) in [6.07, 6.45) is 0. The summed E-state index contributed by atoms with van der Waals surface area (Å²) in [5.41, 5.74) is 2.90. The maximum atomic E-state index is 12.3. The van der Waals surface area contributed by atoms with Gasteiger partial charge < -0.3 is 5.43 Å². The lowest BCUT2D eigenvalue weighted by molar-refractivity contribution is -0.383. The number of nitro groups is 1. The van der Waals surface area contributed by atoms with Crippen molar-refractivity contribution in [2.24, 2.45) is 5.84 Å². The second kappa shape index (κ2) is 5.68. The van der Waals surface area contributed by atoms with E-state index in [9.17, 15) is 18.5 Å². The van der Waals surface area contributed by atoms with Crippen LogP contribution in [0.3, 0.4) is 0 Å². The first-order valence-electron chi connectivity index (χ1n) is 5.68. The fourth-order valence-electron chi connectivity index (χ4n) is 1.61. The van der Waals surface area contributed by atoms with Crippen molar-refractivity contribution >= 4 is 37.7 Å². The fraction of sp³-hybridized carbons (Fsp3) is 0.0909. The SMILES string of the molecule is Cc1ccccc1NS(=O)(=O)c1cc([N+](=O)[O-])c(NN)s1. The summed E-state index contributed by atoms with van der Waals surface area (Å²) in [5, 5.41) is 10.8. The van der Waals surface area contributed by atoms with Crippen molar-refractivity contribution in [3.63, 3.8) is 0 Å². The van der Waals surface area contributed by atoms with Gasteiger partial charge in [0.25, 0.3) is 10.0 Å². The van der Waals surface area contributed by atoms with E-state index in [2.05, 4.69) is 10.1 Å². The van der Waals surface area contributed by atoms with E-state index in [1.165, 1.54) is 0 Å². The van der Waals surface area contributed by atoms with Crippen molar-refractivity contribution in [2.75, 3.05) is 10.1 Å². The molecular formula is C11H12N4O4S2. The van der Waals surface area contributed by atoms with Crippen molar-refractivity contribution in [1.29, 1.82) is 0 Å². The Labute approximate surface area is 124 Å². The number of nitrogens with one attached hydrogen (secondary N) is 2. The van der Waals surface area contributed by atoms with E-state index < -0.39 is 14.9 Å². The van der Waals surface area contributed by atoms with Gasteiger partial charge in [0, 0.05) is 6.07 Å². The Kier molecular flexibility index (Phi) is 4.11. The van der Waals surface area contributed by atoms with Gasteiger partial charge in [-0.2, -0.15) is 0 Å². The third-order valence-corrected chi connectivity index (χ3v) is 5.57. The van der Waals surface area contributed by atoms with Crippen molar-refractivity contribution in [2.45, 2.75) is 11.1 Å². The molecule has 0 fully saturated rings. The molecule has 0 unspecified atom stereocenters. The molecule has 0 bridgehead atoms. The standard InChI is InChI=1S/C11H12N4O4S2/c1-7-4-2-3-5-8(7)14-21(18,19)10-6-9(15(16)17)11(13-12)20-10/h2-6,13-14H,12H2,1H3. The summed E-state index contributed by atoms with van der Waals surface area (Å²) in [5.74, 6) is 5.16. The number of aryl methyl sites for hydroxylation is 1. The third-order valence-electron chi connectivity index (χ3n) is 2.67. The monoisotopic (exact) mass is 328 g/mol. The van der Waals surface area contributed by atoms with E-state index in [4.69, 9.17) is 5.84 Å². The van der Waals surface area contributed by atoms with Gasteiger partial charge in [0.2, 0.25) is 0 Å². The van der Waals surface area contributed by atoms with Crippen LogP contribution in [-0.4, -0.2) is 13.3 Å². The number of nitrogens with zero attached hydrogens (tertiary/aromatic N) is 1. The molecule has 0 aliphatic rings. The van der Waals surface area contributed by atoms with Gasteiger partial charge in [0.1, 0.15) is 4.21 Å². The number of hydrogen-bond donors (Lipinski definition) is 3. The average molecular weight is 328 g/mol. The zero-order valence-electron chi connectivity index (χ0n) is 10.9. The minimum Gasteiger partial charge on any atom is -0.310 e. The summed E-state index contributed by atoms with van der Waals surface area (Å²) in [6, 6.07) is 7.80. The van der Waals surface area contributed by atoms with Crippen LogP contribution in [0.25, 0.3) is 0 Å². The van der Waals surface area contributed by atoms with Crippen LogP contribution in [-0.2, 0) is 10.0 Å². The molecule has 0 atom stereocenters. The van der Waals surface area contributed by atoms with E-state index in [1.807, 2.05) is 0 Å². The van der Waals surface area contributed by atoms with Gasteiger partial charge in [-0.05, 0) is 18.6 Å². The summed E-state index contributed by atoms with van der Waals surface area (Å²) in [4.78, 5) is 10.1. The zero-order valence-corrected chi connectivity index (χ0v) is 12.5. The molecule has 21 heavy (non-hydrogen) atoms. The lowest BCUT2D eigenvalue weighted by Crippen LogP contribution is -2.12. The molecule has 112 valence electrons. The topological polar surface area (TPSA) is 127 Å². The normalized spacial score (nSPS) is 11.1. The smallest absolute Gasteiger partial charge is 0.306 e. The number of anilines is 2. The van der Waals surface area contributed by atoms with Crippen molar-refractivity contribution in [1.82, 2.24) is 0 Å². The largest absolute Gasteiger partial charge is 0.310 e. The van der Waals surface area contributed by atoms with E-state index in [0.29, 0.717) is 17.0 Å². The van der Waals surface area contributed by atoms with Crippen LogP contribution in [0, 0.1) is 17.0 Å². The van der Waals surface area contributed by atoms with E-state index in [-0.39, 0.29) is 14.9 Å². The molecule has 0 aliphatic carbocycles. The van der Waals surface area contributed by atoms with Crippen LogP contribution in [0.15, 0.2) is 34.5 Å². The number of hydrogen-bond acceptors (Lipinski definition) is 7. The fourth-order valence-corrected chi connectivity index (χ4v) is 3.98. The average Bonchev–Trinajstić information content (AvgIpc) is 2.86. The Morgan fingerprint density at radius 1 is 1.33 bits per heavy atom. The van der Waals surface area contributed by atoms with Crippen molar-refractivity contribution in [3.8, 4) is 0 Å². The molecule has 0 saturated carbocycles. The number of sulfonamides is 1. The van der Waals surface area contributed by atoms with Gasteiger partial charge in [-0.1, -0.05) is 29.5 Å². The molecule has 1 aromatic heterocycles. The number of para-hydroxylation sites is 1. The first kappa shape index (κ1) is 15.2. The Bertz CT molecular complexity index is 785. The molecule has 2 aromatic rings. The first-order valence-corrected chi connectivity index (χ1v) is 7.98. The molecular weight excluding hydrogens is 316 g/mol. The Morgan fingerprint density at radius 2 is 2.00 bits per heavy atom. The zero-order chi connectivity index (χ0) is 15.6. The number of rotatable bonds is 5. The predicted molar refractivity (Wildman–Crippen MR) is 80.8 cm³/mol. The highest BCUT2D eigenvalue weighted by Gasteiger charge is 2.26. The molecule has 1 heterocycles. The maximum absolute atomic E-state index is 12.3. The number of thiophene rings is 1. The molecule has 8 nitrogen and oxygen atoms in total. The molecule has 0 spiro atoms. The van der Waals surface area contributed by atoms with E-state index in [1.54, 1.807) is 31.2 Å². The molecule has 2 rings (SSSR count).